The summed E-state index contributed by atoms with van der Waals surface area (Å²) in [6.45, 7) is 7.05. The van der Waals surface area contributed by atoms with E-state index < -0.39 is 5.91 Å². The van der Waals surface area contributed by atoms with Crippen LogP contribution in [0.15, 0.2) is 53.3 Å². The molecule has 1 N–H and O–H groups in total. The number of amides is 2. The predicted molar refractivity (Wildman–Crippen MR) is 124 cm³/mol. The van der Waals surface area contributed by atoms with Gasteiger partial charge < -0.3 is 15.0 Å². The van der Waals surface area contributed by atoms with Gasteiger partial charge in [0, 0.05) is 18.5 Å². The lowest BCUT2D eigenvalue weighted by Gasteiger charge is -2.19. The third-order valence-electron chi connectivity index (χ3n) is 5.13. The minimum absolute atomic E-state index is 0.0528. The predicted octanol–water partition coefficient (Wildman–Crippen LogP) is 2.84. The lowest BCUT2D eigenvalue weighted by Crippen LogP contribution is -2.34. The molecule has 0 saturated carbocycles. The summed E-state index contributed by atoms with van der Waals surface area (Å²) in [6.07, 6.45) is 0.0528. The van der Waals surface area contributed by atoms with Crippen LogP contribution in [-0.4, -0.2) is 46.2 Å². The number of aromatic nitrogens is 2. The zero-order valence-electron chi connectivity index (χ0n) is 18.6. The van der Waals surface area contributed by atoms with Gasteiger partial charge in [0.2, 0.25) is 11.8 Å². The first-order valence-corrected chi connectivity index (χ1v) is 10.8. The molecule has 0 aliphatic heterocycles. The highest BCUT2D eigenvalue weighted by molar-refractivity contribution is 5.92. The summed E-state index contributed by atoms with van der Waals surface area (Å²) in [5.41, 5.74) is 0.609. The maximum absolute atomic E-state index is 13.0. The summed E-state index contributed by atoms with van der Waals surface area (Å²) in [5, 5.41) is 8.22. The Kier molecular flexibility index (Phi) is 7.59. The van der Waals surface area contributed by atoms with Crippen molar-refractivity contribution in [3.8, 4) is 5.75 Å². The summed E-state index contributed by atoms with van der Waals surface area (Å²) in [4.78, 5) is 40.1. The van der Waals surface area contributed by atoms with E-state index in [2.05, 4.69) is 10.4 Å². The molecule has 0 fully saturated rings. The summed E-state index contributed by atoms with van der Waals surface area (Å²) >= 11 is 0. The van der Waals surface area contributed by atoms with Gasteiger partial charge >= 0.3 is 0 Å². The number of nitrogens with zero attached hydrogens (tertiary/aromatic N) is 3. The second-order valence-electron chi connectivity index (χ2n) is 7.18. The van der Waals surface area contributed by atoms with Crippen molar-refractivity contribution in [2.45, 2.75) is 33.7 Å². The number of carbonyl (C=O) groups excluding carboxylic acids is 2. The summed E-state index contributed by atoms with van der Waals surface area (Å²) in [5.74, 6) is 0.0590. The fourth-order valence-corrected chi connectivity index (χ4v) is 3.55. The molecule has 8 heteroatoms. The molecule has 1 aromatic heterocycles. The van der Waals surface area contributed by atoms with E-state index in [9.17, 15) is 14.4 Å². The molecule has 2 amide bonds. The van der Waals surface area contributed by atoms with Gasteiger partial charge in [0.15, 0.2) is 0 Å². The Morgan fingerprint density at radius 3 is 2.34 bits per heavy atom. The van der Waals surface area contributed by atoms with E-state index in [1.165, 1.54) is 0 Å². The standard InChI is InChI=1S/C24H28N4O4/c1-4-27(5-2)23(30)15-20-17-11-7-8-12-18(17)24(31)28(26-20)16-22(29)25-19-13-9-10-14-21(19)32-6-3/h7-14H,4-6,15-16H2,1-3H3,(H,25,29). The van der Waals surface area contributed by atoms with Gasteiger partial charge in [-0.3, -0.25) is 14.4 Å². The topological polar surface area (TPSA) is 93.5 Å². The van der Waals surface area contributed by atoms with Crippen LogP contribution < -0.4 is 15.6 Å². The van der Waals surface area contributed by atoms with Gasteiger partial charge in [0.25, 0.3) is 5.56 Å². The van der Waals surface area contributed by atoms with E-state index in [-0.39, 0.29) is 24.4 Å². The lowest BCUT2D eigenvalue weighted by atomic mass is 10.1. The lowest BCUT2D eigenvalue weighted by molar-refractivity contribution is -0.130. The van der Waals surface area contributed by atoms with Crippen LogP contribution in [0.4, 0.5) is 5.69 Å². The van der Waals surface area contributed by atoms with Crippen molar-refractivity contribution < 1.29 is 14.3 Å². The third-order valence-corrected chi connectivity index (χ3v) is 5.13. The number of nitrogens with one attached hydrogen (secondary N) is 1. The molecule has 0 radical (unpaired) electrons. The Morgan fingerprint density at radius 1 is 1.00 bits per heavy atom. The van der Waals surface area contributed by atoms with Gasteiger partial charge in [-0.25, -0.2) is 4.68 Å². The van der Waals surface area contributed by atoms with Crippen molar-refractivity contribution in [2.24, 2.45) is 0 Å². The fraction of sp³-hybridized carbons (Fsp3) is 0.333. The van der Waals surface area contributed by atoms with E-state index in [0.717, 1.165) is 4.68 Å². The highest BCUT2D eigenvalue weighted by Gasteiger charge is 2.18. The normalized spacial score (nSPS) is 10.7. The molecule has 0 spiro atoms. The Balaban J connectivity index is 1.91. The molecule has 0 aliphatic carbocycles. The van der Waals surface area contributed by atoms with E-state index in [4.69, 9.17) is 4.74 Å². The van der Waals surface area contributed by atoms with Crippen molar-refractivity contribution in [2.75, 3.05) is 25.0 Å². The van der Waals surface area contributed by atoms with Gasteiger partial charge in [0.05, 0.1) is 29.8 Å². The number of ether oxygens (including phenoxy) is 1. The number of rotatable bonds is 9. The zero-order valence-corrected chi connectivity index (χ0v) is 18.6. The van der Waals surface area contributed by atoms with Gasteiger partial charge in [-0.15, -0.1) is 0 Å². The number of benzene rings is 2. The molecule has 3 rings (SSSR count). The SMILES string of the molecule is CCOc1ccccc1NC(=O)Cn1nc(CC(=O)N(CC)CC)c2ccccc2c1=O. The number of carbonyl (C=O) groups is 2. The first-order chi connectivity index (χ1) is 15.5. The summed E-state index contributed by atoms with van der Waals surface area (Å²) in [7, 11) is 0. The number of anilines is 1. The largest absolute Gasteiger partial charge is 0.492 e. The molecule has 0 saturated heterocycles. The molecule has 1 heterocycles. The van der Waals surface area contributed by atoms with Crippen LogP contribution in [0.1, 0.15) is 26.5 Å². The van der Waals surface area contributed by atoms with Gasteiger partial charge in [-0.2, -0.15) is 5.10 Å². The second kappa shape index (κ2) is 10.6. The number of para-hydroxylation sites is 2. The summed E-state index contributed by atoms with van der Waals surface area (Å²) < 4.78 is 6.65. The zero-order chi connectivity index (χ0) is 23.1. The number of hydrogen-bond acceptors (Lipinski definition) is 5. The number of fused-ring (bicyclic) bond motifs is 1. The van der Waals surface area contributed by atoms with Crippen LogP contribution >= 0.6 is 0 Å². The summed E-state index contributed by atoms with van der Waals surface area (Å²) in [6, 6.07) is 14.1. The van der Waals surface area contributed by atoms with E-state index in [1.54, 1.807) is 47.4 Å². The molecule has 2 aromatic carbocycles. The van der Waals surface area contributed by atoms with Gasteiger partial charge in [-0.05, 0) is 39.0 Å². The Morgan fingerprint density at radius 2 is 1.66 bits per heavy atom. The molecule has 32 heavy (non-hydrogen) atoms. The smallest absolute Gasteiger partial charge is 0.275 e. The second-order valence-corrected chi connectivity index (χ2v) is 7.18. The van der Waals surface area contributed by atoms with Crippen molar-refractivity contribution >= 4 is 28.3 Å². The molecule has 168 valence electrons. The highest BCUT2D eigenvalue weighted by atomic mass is 16.5. The van der Waals surface area contributed by atoms with Crippen LogP contribution in [0.2, 0.25) is 0 Å². The molecule has 0 aliphatic rings. The van der Waals surface area contributed by atoms with Crippen LogP contribution in [0.5, 0.6) is 5.75 Å². The van der Waals surface area contributed by atoms with E-state index in [1.807, 2.05) is 26.8 Å². The monoisotopic (exact) mass is 436 g/mol. The number of hydrogen-bond donors (Lipinski definition) is 1. The van der Waals surface area contributed by atoms with Crippen molar-refractivity contribution in [3.63, 3.8) is 0 Å². The Hall–Kier alpha value is -3.68. The van der Waals surface area contributed by atoms with Crippen LogP contribution in [-0.2, 0) is 22.6 Å². The maximum Gasteiger partial charge on any atom is 0.275 e. The van der Waals surface area contributed by atoms with Gasteiger partial charge in [-0.1, -0.05) is 30.3 Å². The van der Waals surface area contributed by atoms with E-state index in [0.29, 0.717) is 47.6 Å². The van der Waals surface area contributed by atoms with Crippen LogP contribution in [0.3, 0.4) is 0 Å². The molecule has 8 nitrogen and oxygen atoms in total. The minimum Gasteiger partial charge on any atom is -0.492 e. The van der Waals surface area contributed by atoms with Crippen molar-refractivity contribution in [1.82, 2.24) is 14.7 Å². The molecular formula is C24H28N4O4. The van der Waals surface area contributed by atoms with Crippen LogP contribution in [0, 0.1) is 0 Å². The van der Waals surface area contributed by atoms with Crippen molar-refractivity contribution in [3.05, 3.63) is 64.6 Å². The van der Waals surface area contributed by atoms with Crippen LogP contribution in [0.25, 0.3) is 10.8 Å². The fourth-order valence-electron chi connectivity index (χ4n) is 3.55. The minimum atomic E-state index is -0.414. The van der Waals surface area contributed by atoms with Gasteiger partial charge in [0.1, 0.15) is 12.3 Å². The molecule has 3 aromatic rings. The Labute approximate surface area is 186 Å². The first kappa shape index (κ1) is 23.0. The molecular weight excluding hydrogens is 408 g/mol. The third kappa shape index (κ3) is 5.14. The first-order valence-electron chi connectivity index (χ1n) is 10.8. The molecule has 0 bridgehead atoms. The quantitative estimate of drug-likeness (QED) is 0.557. The molecule has 0 unspecified atom stereocenters. The average Bonchev–Trinajstić information content (AvgIpc) is 2.79. The van der Waals surface area contributed by atoms with E-state index >= 15 is 0 Å². The highest BCUT2D eigenvalue weighted by Crippen LogP contribution is 2.23. The maximum atomic E-state index is 13.0. The van der Waals surface area contributed by atoms with Crippen molar-refractivity contribution in [1.29, 1.82) is 0 Å². The Bertz CT molecular complexity index is 1170. The average molecular weight is 437 g/mol. The molecule has 0 atom stereocenters. The number of likely N-dealkylation sites (N-methyl/N-ethyl adjacent to an activating group) is 1.